The Bertz CT molecular complexity index is 863. The zero-order valence-corrected chi connectivity index (χ0v) is 14.7. The number of hydrogen-bond acceptors (Lipinski definition) is 5. The third kappa shape index (κ3) is 1.99. The number of methoxy groups -OCH3 is 2. The van der Waals surface area contributed by atoms with Crippen molar-refractivity contribution in [1.82, 2.24) is 4.90 Å². The number of ether oxygens (including phenoxy) is 4. The summed E-state index contributed by atoms with van der Waals surface area (Å²) in [6.07, 6.45) is 1.88. The molecule has 2 aromatic rings. The van der Waals surface area contributed by atoms with Crippen LogP contribution in [0.15, 0.2) is 24.3 Å². The van der Waals surface area contributed by atoms with Crippen molar-refractivity contribution in [2.24, 2.45) is 0 Å². The molecule has 5 rings (SSSR count). The molecule has 2 unspecified atom stereocenters. The number of benzene rings is 2. The Labute approximate surface area is 147 Å². The summed E-state index contributed by atoms with van der Waals surface area (Å²) in [6, 6.07) is 9.13. The van der Waals surface area contributed by atoms with Gasteiger partial charge in [0.15, 0.2) is 23.0 Å². The predicted octanol–water partition coefficient (Wildman–Crippen LogP) is 3.26. The highest BCUT2D eigenvalue weighted by atomic mass is 16.7. The van der Waals surface area contributed by atoms with Gasteiger partial charge in [-0.25, -0.2) is 0 Å². The van der Waals surface area contributed by atoms with E-state index in [0.717, 1.165) is 35.8 Å². The molecule has 3 heterocycles. The Morgan fingerprint density at radius 2 is 1.72 bits per heavy atom. The maximum atomic E-state index is 5.74. The maximum Gasteiger partial charge on any atom is 0.231 e. The highest BCUT2D eigenvalue weighted by molar-refractivity contribution is 5.58. The summed E-state index contributed by atoms with van der Waals surface area (Å²) in [7, 11) is 5.61. The molecule has 130 valence electrons. The lowest BCUT2D eigenvalue weighted by atomic mass is 9.76. The monoisotopic (exact) mass is 339 g/mol. The molecule has 25 heavy (non-hydrogen) atoms. The normalized spacial score (nSPS) is 23.0. The van der Waals surface area contributed by atoms with Crippen molar-refractivity contribution in [3.05, 3.63) is 46.5 Å². The predicted molar refractivity (Wildman–Crippen MR) is 92.8 cm³/mol. The van der Waals surface area contributed by atoms with Crippen molar-refractivity contribution >= 4 is 0 Å². The van der Waals surface area contributed by atoms with Gasteiger partial charge in [-0.05, 0) is 54.8 Å². The van der Waals surface area contributed by atoms with Crippen molar-refractivity contribution in [1.29, 1.82) is 0 Å². The van der Waals surface area contributed by atoms with Crippen LogP contribution in [0.2, 0.25) is 0 Å². The van der Waals surface area contributed by atoms with Gasteiger partial charge in [0.2, 0.25) is 6.79 Å². The van der Waals surface area contributed by atoms with Crippen molar-refractivity contribution in [2.75, 3.05) is 28.1 Å². The zero-order chi connectivity index (χ0) is 17.1. The molecular weight excluding hydrogens is 318 g/mol. The summed E-state index contributed by atoms with van der Waals surface area (Å²) in [5.41, 5.74) is 5.29. The van der Waals surface area contributed by atoms with E-state index >= 15 is 0 Å². The average Bonchev–Trinajstić information content (AvgIpc) is 3.08. The molecule has 0 amide bonds. The Morgan fingerprint density at radius 3 is 2.48 bits per heavy atom. The van der Waals surface area contributed by atoms with Gasteiger partial charge < -0.3 is 18.9 Å². The molecule has 3 aliphatic rings. The van der Waals surface area contributed by atoms with E-state index < -0.39 is 0 Å². The van der Waals surface area contributed by atoms with Crippen molar-refractivity contribution < 1.29 is 18.9 Å². The quantitative estimate of drug-likeness (QED) is 0.840. The molecule has 0 fully saturated rings. The third-order valence-electron chi connectivity index (χ3n) is 5.81. The Morgan fingerprint density at radius 1 is 0.960 bits per heavy atom. The summed E-state index contributed by atoms with van der Waals surface area (Å²) < 4.78 is 22.4. The van der Waals surface area contributed by atoms with E-state index in [1.54, 1.807) is 14.2 Å². The van der Waals surface area contributed by atoms with Crippen molar-refractivity contribution in [3.8, 4) is 23.0 Å². The van der Waals surface area contributed by atoms with E-state index in [-0.39, 0.29) is 6.04 Å². The van der Waals surface area contributed by atoms with Crippen LogP contribution in [0.1, 0.15) is 34.3 Å². The summed E-state index contributed by atoms with van der Waals surface area (Å²) >= 11 is 0. The second-order valence-electron chi connectivity index (χ2n) is 6.88. The largest absolute Gasteiger partial charge is 0.493 e. The van der Waals surface area contributed by atoms with Gasteiger partial charge in [-0.3, -0.25) is 4.90 Å². The smallest absolute Gasteiger partial charge is 0.231 e. The second kappa shape index (κ2) is 5.30. The van der Waals surface area contributed by atoms with E-state index in [1.807, 2.05) is 6.07 Å². The fourth-order valence-electron chi connectivity index (χ4n) is 4.58. The van der Waals surface area contributed by atoms with Crippen LogP contribution in [-0.4, -0.2) is 33.0 Å². The van der Waals surface area contributed by atoms with Crippen molar-refractivity contribution in [2.45, 2.75) is 24.9 Å². The Kier molecular flexibility index (Phi) is 3.16. The molecule has 0 aliphatic carbocycles. The van der Waals surface area contributed by atoms with E-state index in [4.69, 9.17) is 18.9 Å². The average molecular weight is 339 g/mol. The molecule has 5 nitrogen and oxygen atoms in total. The van der Waals surface area contributed by atoms with Crippen LogP contribution in [0.25, 0.3) is 0 Å². The SMILES string of the molecule is COc1ccc2c(c1OC)C1Cc3cc4c(cc3C(C2)N1C)OCO4. The first-order chi connectivity index (χ1) is 12.2. The van der Waals surface area contributed by atoms with Gasteiger partial charge in [0.05, 0.1) is 14.2 Å². The number of rotatable bonds is 2. The molecule has 2 atom stereocenters. The molecule has 0 saturated carbocycles. The molecule has 2 aromatic carbocycles. The van der Waals surface area contributed by atoms with Crippen LogP contribution in [0, 0.1) is 0 Å². The Balaban J connectivity index is 1.67. The van der Waals surface area contributed by atoms with Gasteiger partial charge in [-0.2, -0.15) is 0 Å². The van der Waals surface area contributed by atoms with Gasteiger partial charge in [-0.1, -0.05) is 6.07 Å². The minimum Gasteiger partial charge on any atom is -0.493 e. The number of fused-ring (bicyclic) bond motifs is 7. The third-order valence-corrected chi connectivity index (χ3v) is 5.81. The van der Waals surface area contributed by atoms with Gasteiger partial charge in [-0.15, -0.1) is 0 Å². The van der Waals surface area contributed by atoms with Gasteiger partial charge in [0.1, 0.15) is 0 Å². The first kappa shape index (κ1) is 14.9. The number of hydrogen-bond donors (Lipinski definition) is 0. The molecule has 5 heteroatoms. The van der Waals surface area contributed by atoms with Gasteiger partial charge in [0.25, 0.3) is 0 Å². The topological polar surface area (TPSA) is 40.2 Å². The standard InChI is InChI=1S/C20H21NO4/c1-21-14-6-11-4-5-16(22-2)20(23-3)19(11)15(21)7-12-8-17-18(9-13(12)14)25-10-24-17/h4-5,8-9,14-15H,6-7,10H2,1-3H3. The van der Waals surface area contributed by atoms with Gasteiger partial charge in [0, 0.05) is 17.6 Å². The lowest BCUT2D eigenvalue weighted by molar-refractivity contribution is 0.134. The van der Waals surface area contributed by atoms with Gasteiger partial charge >= 0.3 is 0 Å². The van der Waals surface area contributed by atoms with Crippen LogP contribution >= 0.6 is 0 Å². The molecule has 0 aromatic heterocycles. The van der Waals surface area contributed by atoms with E-state index in [0.29, 0.717) is 12.8 Å². The van der Waals surface area contributed by atoms with E-state index in [9.17, 15) is 0 Å². The summed E-state index contributed by atoms with van der Waals surface area (Å²) in [5.74, 6) is 3.38. The first-order valence-corrected chi connectivity index (χ1v) is 8.59. The van der Waals surface area contributed by atoms with E-state index in [2.05, 4.69) is 30.1 Å². The first-order valence-electron chi connectivity index (χ1n) is 8.59. The van der Waals surface area contributed by atoms with Crippen LogP contribution in [-0.2, 0) is 12.8 Å². The minimum atomic E-state index is 0.270. The second-order valence-corrected chi connectivity index (χ2v) is 6.88. The summed E-state index contributed by atoms with van der Waals surface area (Å²) in [5, 5.41) is 0. The molecule has 0 saturated heterocycles. The summed E-state index contributed by atoms with van der Waals surface area (Å²) in [4.78, 5) is 2.45. The number of nitrogens with zero attached hydrogens (tertiary/aromatic N) is 1. The molecule has 0 N–H and O–H groups in total. The zero-order valence-electron chi connectivity index (χ0n) is 14.7. The maximum absolute atomic E-state index is 5.74. The molecule has 0 spiro atoms. The molecule has 3 aliphatic heterocycles. The van der Waals surface area contributed by atoms with E-state index in [1.165, 1.54) is 22.3 Å². The minimum absolute atomic E-state index is 0.270. The Hall–Kier alpha value is -2.40. The highest BCUT2D eigenvalue weighted by Gasteiger charge is 2.41. The number of likely N-dealkylation sites (N-methyl/N-ethyl adjacent to an activating group) is 1. The lowest BCUT2D eigenvalue weighted by Crippen LogP contribution is -2.40. The van der Waals surface area contributed by atoms with Crippen molar-refractivity contribution in [3.63, 3.8) is 0 Å². The van der Waals surface area contributed by atoms with Crippen LogP contribution in [0.5, 0.6) is 23.0 Å². The van der Waals surface area contributed by atoms with Crippen LogP contribution < -0.4 is 18.9 Å². The summed E-state index contributed by atoms with van der Waals surface area (Å²) in [6.45, 7) is 0.313. The molecular formula is C20H21NO4. The fourth-order valence-corrected chi connectivity index (χ4v) is 4.58. The fraction of sp³-hybridized carbons (Fsp3) is 0.400. The molecule has 0 radical (unpaired) electrons. The van der Waals surface area contributed by atoms with Crippen LogP contribution in [0.4, 0.5) is 0 Å². The molecule has 2 bridgehead atoms. The van der Waals surface area contributed by atoms with Crippen LogP contribution in [0.3, 0.4) is 0 Å². The highest BCUT2D eigenvalue weighted by Crippen LogP contribution is 2.52. The lowest BCUT2D eigenvalue weighted by Gasteiger charge is -2.46.